The number of nitrogens with one attached hydrogen (secondary N) is 2. The molecule has 3 aromatic rings. The fourth-order valence-corrected chi connectivity index (χ4v) is 3.30. The van der Waals surface area contributed by atoms with E-state index < -0.39 is 22.5 Å². The molecule has 0 bridgehead atoms. The molecule has 2 N–H and O–H groups in total. The zero-order valence-electron chi connectivity index (χ0n) is 18.6. The van der Waals surface area contributed by atoms with Crippen LogP contribution in [0.2, 0.25) is 0 Å². The van der Waals surface area contributed by atoms with Gasteiger partial charge in [0.15, 0.2) is 11.5 Å². The largest absolute Gasteiger partial charge is 0.486 e. The summed E-state index contributed by atoms with van der Waals surface area (Å²) in [5.41, 5.74) is 0.238. The molecule has 13 heteroatoms. The van der Waals surface area contributed by atoms with Gasteiger partial charge in [0, 0.05) is 17.4 Å². The van der Waals surface area contributed by atoms with Crippen molar-refractivity contribution < 1.29 is 33.5 Å². The lowest BCUT2D eigenvalue weighted by Crippen LogP contribution is -2.15. The number of nitro groups is 1. The second kappa shape index (κ2) is 9.91. The topological polar surface area (TPSA) is 164 Å². The Morgan fingerprint density at radius 3 is 2.03 bits per heavy atom. The first-order chi connectivity index (χ1) is 16.9. The number of hydrogen-bond acceptors (Lipinski definition) is 12. The Morgan fingerprint density at radius 1 is 0.886 bits per heavy atom. The molecule has 35 heavy (non-hydrogen) atoms. The molecule has 0 saturated heterocycles. The first-order valence-corrected chi connectivity index (χ1v) is 10.1. The second-order valence-corrected chi connectivity index (χ2v) is 7.07. The fourth-order valence-electron chi connectivity index (χ4n) is 3.30. The number of aromatic nitrogens is 2. The van der Waals surface area contributed by atoms with E-state index in [4.69, 9.17) is 18.9 Å². The smallest absolute Gasteiger partial charge is 0.353 e. The van der Waals surface area contributed by atoms with Crippen LogP contribution in [0, 0.1) is 10.1 Å². The minimum absolute atomic E-state index is 0.0317. The van der Waals surface area contributed by atoms with Crippen molar-refractivity contribution in [2.24, 2.45) is 0 Å². The first kappa shape index (κ1) is 23.2. The lowest BCUT2D eigenvalue weighted by Gasteiger charge is -2.19. The number of methoxy groups -OCH3 is 2. The summed E-state index contributed by atoms with van der Waals surface area (Å²) >= 11 is 0. The van der Waals surface area contributed by atoms with Crippen LogP contribution in [0.4, 0.5) is 28.7 Å². The number of ether oxygens (including phenoxy) is 4. The van der Waals surface area contributed by atoms with Crippen LogP contribution >= 0.6 is 0 Å². The van der Waals surface area contributed by atoms with Crippen LogP contribution in [0.25, 0.3) is 0 Å². The maximum absolute atomic E-state index is 12.1. The van der Waals surface area contributed by atoms with Gasteiger partial charge in [-0.25, -0.2) is 19.6 Å². The predicted molar refractivity (Wildman–Crippen MR) is 122 cm³/mol. The van der Waals surface area contributed by atoms with Gasteiger partial charge in [0.05, 0.1) is 30.3 Å². The standard InChI is InChI=1S/C22H19N5O8/c1-32-21(28)12-7-13(22(29)33-2)9-15(8-12)26-20-18(27(30)31)19(23-11-24-20)25-14-3-4-16-17(10-14)35-6-5-34-16/h3-4,7-11H,5-6H2,1-2H3,(H2,23,24,25,26). The lowest BCUT2D eigenvalue weighted by atomic mass is 10.1. The molecule has 0 spiro atoms. The van der Waals surface area contributed by atoms with E-state index in [9.17, 15) is 19.7 Å². The quantitative estimate of drug-likeness (QED) is 0.288. The fraction of sp³-hybridized carbons (Fsp3) is 0.182. The van der Waals surface area contributed by atoms with Crippen LogP contribution in [0.3, 0.4) is 0 Å². The van der Waals surface area contributed by atoms with Crippen LogP contribution in [0.5, 0.6) is 11.5 Å². The number of esters is 2. The maximum atomic E-state index is 12.1. The van der Waals surface area contributed by atoms with E-state index in [1.165, 1.54) is 32.4 Å². The number of benzene rings is 2. The van der Waals surface area contributed by atoms with Gasteiger partial charge in [0.1, 0.15) is 19.5 Å². The highest BCUT2D eigenvalue weighted by Gasteiger charge is 2.25. The normalized spacial score (nSPS) is 11.8. The molecule has 0 saturated carbocycles. The maximum Gasteiger partial charge on any atom is 0.353 e. The van der Waals surface area contributed by atoms with Gasteiger partial charge < -0.3 is 29.6 Å². The third-order valence-corrected chi connectivity index (χ3v) is 4.85. The van der Waals surface area contributed by atoms with Crippen LogP contribution in [0.1, 0.15) is 20.7 Å². The zero-order valence-corrected chi connectivity index (χ0v) is 18.6. The number of nitrogens with zero attached hydrogens (tertiary/aromatic N) is 3. The molecule has 13 nitrogen and oxygen atoms in total. The van der Waals surface area contributed by atoms with E-state index in [2.05, 4.69) is 20.6 Å². The van der Waals surface area contributed by atoms with E-state index in [0.29, 0.717) is 30.4 Å². The number of hydrogen-bond donors (Lipinski definition) is 2. The summed E-state index contributed by atoms with van der Waals surface area (Å²) in [6.45, 7) is 0.817. The Bertz CT molecular complexity index is 1280. The van der Waals surface area contributed by atoms with Crippen LogP contribution < -0.4 is 20.1 Å². The molecule has 0 unspecified atom stereocenters. The molecular weight excluding hydrogens is 462 g/mol. The van der Waals surface area contributed by atoms with Crippen molar-refractivity contribution in [2.45, 2.75) is 0 Å². The molecule has 180 valence electrons. The molecule has 0 aliphatic carbocycles. The summed E-state index contributed by atoms with van der Waals surface area (Å²) in [4.78, 5) is 43.4. The van der Waals surface area contributed by atoms with Gasteiger partial charge in [0.25, 0.3) is 0 Å². The van der Waals surface area contributed by atoms with Crippen molar-refractivity contribution in [2.75, 3.05) is 38.1 Å². The van der Waals surface area contributed by atoms with Gasteiger partial charge in [0.2, 0.25) is 11.6 Å². The number of fused-ring (bicyclic) bond motifs is 1. The SMILES string of the molecule is COC(=O)c1cc(Nc2ncnc(Nc3ccc4c(c3)OCCO4)c2[N+](=O)[O-])cc(C(=O)OC)c1. The highest BCUT2D eigenvalue weighted by Crippen LogP contribution is 2.37. The Labute approximate surface area is 198 Å². The summed E-state index contributed by atoms with van der Waals surface area (Å²) in [6, 6.07) is 8.97. The predicted octanol–water partition coefficient (Wildman–Crippen LogP) is 3.22. The summed E-state index contributed by atoms with van der Waals surface area (Å²) in [6.07, 6.45) is 1.13. The molecule has 2 aromatic carbocycles. The Hall–Kier alpha value is -4.94. The highest BCUT2D eigenvalue weighted by molar-refractivity contribution is 5.97. The van der Waals surface area contributed by atoms with Gasteiger partial charge in [-0.3, -0.25) is 10.1 Å². The average Bonchev–Trinajstić information content (AvgIpc) is 2.87. The van der Waals surface area contributed by atoms with Crippen molar-refractivity contribution in [3.63, 3.8) is 0 Å². The lowest BCUT2D eigenvalue weighted by molar-refractivity contribution is -0.383. The van der Waals surface area contributed by atoms with Gasteiger partial charge in [-0.1, -0.05) is 0 Å². The van der Waals surface area contributed by atoms with Crippen molar-refractivity contribution in [3.8, 4) is 11.5 Å². The van der Waals surface area contributed by atoms with Crippen LogP contribution in [-0.4, -0.2) is 54.3 Å². The van der Waals surface area contributed by atoms with E-state index in [-0.39, 0.29) is 28.5 Å². The number of carbonyl (C=O) groups excluding carboxylic acids is 2. The molecule has 0 amide bonds. The average molecular weight is 481 g/mol. The third-order valence-electron chi connectivity index (χ3n) is 4.85. The van der Waals surface area contributed by atoms with Crippen LogP contribution in [0.15, 0.2) is 42.7 Å². The summed E-state index contributed by atoms with van der Waals surface area (Å²) in [5, 5.41) is 17.6. The molecule has 4 rings (SSSR count). The number of carbonyl (C=O) groups is 2. The first-order valence-electron chi connectivity index (χ1n) is 10.1. The minimum Gasteiger partial charge on any atom is -0.486 e. The molecule has 1 aromatic heterocycles. The highest BCUT2D eigenvalue weighted by atomic mass is 16.6. The van der Waals surface area contributed by atoms with E-state index in [1.54, 1.807) is 18.2 Å². The Balaban J connectivity index is 1.70. The van der Waals surface area contributed by atoms with Gasteiger partial charge in [-0.15, -0.1) is 0 Å². The molecule has 2 heterocycles. The summed E-state index contributed by atoms with van der Waals surface area (Å²) in [7, 11) is 2.37. The van der Waals surface area contributed by atoms with Crippen molar-refractivity contribution in [1.82, 2.24) is 9.97 Å². The minimum atomic E-state index is -0.711. The van der Waals surface area contributed by atoms with Gasteiger partial charge >= 0.3 is 17.6 Å². The monoisotopic (exact) mass is 481 g/mol. The second-order valence-electron chi connectivity index (χ2n) is 7.07. The summed E-state index contributed by atoms with van der Waals surface area (Å²) < 4.78 is 20.5. The Kier molecular flexibility index (Phi) is 6.57. The number of anilines is 4. The van der Waals surface area contributed by atoms with E-state index >= 15 is 0 Å². The van der Waals surface area contributed by atoms with Gasteiger partial charge in [-0.05, 0) is 30.3 Å². The van der Waals surface area contributed by atoms with E-state index in [1.807, 2.05) is 0 Å². The molecule has 0 fully saturated rings. The zero-order chi connectivity index (χ0) is 24.9. The molecule has 0 radical (unpaired) electrons. The summed E-state index contributed by atoms with van der Waals surface area (Å²) in [5.74, 6) is -0.641. The molecular formula is C22H19N5O8. The molecule has 1 aliphatic heterocycles. The van der Waals surface area contributed by atoms with Crippen molar-refractivity contribution in [1.29, 1.82) is 0 Å². The molecule has 1 aliphatic rings. The van der Waals surface area contributed by atoms with Crippen molar-refractivity contribution >= 4 is 40.6 Å². The van der Waals surface area contributed by atoms with E-state index in [0.717, 1.165) is 6.33 Å². The van der Waals surface area contributed by atoms with Crippen molar-refractivity contribution in [3.05, 3.63) is 64.0 Å². The number of rotatable bonds is 7. The van der Waals surface area contributed by atoms with Gasteiger partial charge in [-0.2, -0.15) is 0 Å². The third kappa shape index (κ3) is 5.03. The Morgan fingerprint density at radius 2 is 1.46 bits per heavy atom. The molecule has 0 atom stereocenters. The van der Waals surface area contributed by atoms with Crippen LogP contribution in [-0.2, 0) is 9.47 Å².